The molecule has 0 bridgehead atoms. The Labute approximate surface area is 122 Å². The maximum atomic E-state index is 10.2. The summed E-state index contributed by atoms with van der Waals surface area (Å²) in [4.78, 5) is 12.6. The van der Waals surface area contributed by atoms with Gasteiger partial charge in [0.05, 0.1) is 11.4 Å². The van der Waals surface area contributed by atoms with Crippen LogP contribution in [-0.2, 0) is 16.1 Å². The standard InChI is InChI=1S/C14H19BrN2O2/c1-10-4-2-3-5-17(10)14-12(15)6-11(7-13(14)16)8-19-9-18/h6-7,9-10H,2-5,8,16H2,1H3/t10-/m1/s1. The van der Waals surface area contributed by atoms with Crippen molar-refractivity contribution in [3.63, 3.8) is 0 Å². The quantitative estimate of drug-likeness (QED) is 0.682. The van der Waals surface area contributed by atoms with Gasteiger partial charge in [0.25, 0.3) is 6.47 Å². The topological polar surface area (TPSA) is 55.6 Å². The number of ether oxygens (including phenoxy) is 1. The molecule has 19 heavy (non-hydrogen) atoms. The zero-order valence-corrected chi connectivity index (χ0v) is 12.6. The summed E-state index contributed by atoms with van der Waals surface area (Å²) in [7, 11) is 0. The summed E-state index contributed by atoms with van der Waals surface area (Å²) in [6, 6.07) is 4.35. The van der Waals surface area contributed by atoms with E-state index in [2.05, 4.69) is 27.8 Å². The van der Waals surface area contributed by atoms with E-state index < -0.39 is 0 Å². The summed E-state index contributed by atoms with van der Waals surface area (Å²) in [5, 5.41) is 0. The first-order valence-electron chi connectivity index (χ1n) is 6.53. The van der Waals surface area contributed by atoms with Gasteiger partial charge >= 0.3 is 0 Å². The van der Waals surface area contributed by atoms with Crippen molar-refractivity contribution in [2.24, 2.45) is 0 Å². The molecule has 1 aromatic carbocycles. The Bertz CT molecular complexity index is 442. The summed E-state index contributed by atoms with van der Waals surface area (Å²) >= 11 is 3.59. The fourth-order valence-electron chi connectivity index (χ4n) is 2.63. The van der Waals surface area contributed by atoms with Crippen molar-refractivity contribution >= 4 is 33.8 Å². The summed E-state index contributed by atoms with van der Waals surface area (Å²) < 4.78 is 5.73. The molecule has 2 rings (SSSR count). The molecule has 1 aliphatic rings. The number of hydrogen-bond acceptors (Lipinski definition) is 4. The molecule has 1 aliphatic heterocycles. The van der Waals surface area contributed by atoms with E-state index in [-0.39, 0.29) is 6.61 Å². The van der Waals surface area contributed by atoms with E-state index in [0.29, 0.717) is 12.5 Å². The number of anilines is 2. The third-order valence-corrected chi connectivity index (χ3v) is 4.17. The third kappa shape index (κ3) is 3.21. The van der Waals surface area contributed by atoms with Crippen LogP contribution in [0, 0.1) is 0 Å². The van der Waals surface area contributed by atoms with E-state index in [0.717, 1.165) is 28.0 Å². The fraction of sp³-hybridized carbons (Fsp3) is 0.500. The van der Waals surface area contributed by atoms with Crippen molar-refractivity contribution in [2.45, 2.75) is 38.8 Å². The Balaban J connectivity index is 2.27. The van der Waals surface area contributed by atoms with Crippen LogP contribution in [0.2, 0.25) is 0 Å². The molecule has 0 spiro atoms. The number of carbonyl (C=O) groups excluding carboxylic acids is 1. The fourth-order valence-corrected chi connectivity index (χ4v) is 3.38. The van der Waals surface area contributed by atoms with E-state index in [4.69, 9.17) is 10.5 Å². The van der Waals surface area contributed by atoms with Gasteiger partial charge in [-0.3, -0.25) is 4.79 Å². The van der Waals surface area contributed by atoms with Crippen LogP contribution in [0.5, 0.6) is 0 Å². The largest absolute Gasteiger partial charge is 0.463 e. The lowest BCUT2D eigenvalue weighted by Crippen LogP contribution is -2.38. The van der Waals surface area contributed by atoms with Crippen LogP contribution in [-0.4, -0.2) is 19.1 Å². The molecule has 0 aliphatic carbocycles. The van der Waals surface area contributed by atoms with Gasteiger partial charge in [0.2, 0.25) is 0 Å². The molecule has 4 nitrogen and oxygen atoms in total. The van der Waals surface area contributed by atoms with Crippen LogP contribution in [0.15, 0.2) is 16.6 Å². The van der Waals surface area contributed by atoms with Gasteiger partial charge in [-0.2, -0.15) is 0 Å². The van der Waals surface area contributed by atoms with E-state index >= 15 is 0 Å². The maximum Gasteiger partial charge on any atom is 0.293 e. The number of carbonyl (C=O) groups is 1. The number of rotatable bonds is 4. The number of nitrogen functional groups attached to an aromatic ring is 1. The highest BCUT2D eigenvalue weighted by Gasteiger charge is 2.22. The van der Waals surface area contributed by atoms with Gasteiger partial charge in [-0.25, -0.2) is 0 Å². The van der Waals surface area contributed by atoms with Gasteiger partial charge in [-0.05, 0) is 59.8 Å². The van der Waals surface area contributed by atoms with Crippen molar-refractivity contribution in [2.75, 3.05) is 17.2 Å². The van der Waals surface area contributed by atoms with Crippen LogP contribution in [0.4, 0.5) is 11.4 Å². The normalized spacial score (nSPS) is 19.3. The second-order valence-electron chi connectivity index (χ2n) is 4.96. The highest BCUT2D eigenvalue weighted by molar-refractivity contribution is 9.10. The van der Waals surface area contributed by atoms with Gasteiger partial charge in [0.15, 0.2) is 0 Å². The van der Waals surface area contributed by atoms with Crippen molar-refractivity contribution in [1.82, 2.24) is 0 Å². The van der Waals surface area contributed by atoms with E-state index in [1.54, 1.807) is 0 Å². The monoisotopic (exact) mass is 326 g/mol. The SMILES string of the molecule is C[C@@H]1CCCCN1c1c(N)cc(COC=O)cc1Br. The molecule has 1 atom stereocenters. The number of benzene rings is 1. The summed E-state index contributed by atoms with van der Waals surface area (Å²) in [5.41, 5.74) is 8.85. The Morgan fingerprint density at radius 1 is 1.53 bits per heavy atom. The first kappa shape index (κ1) is 14.2. The summed E-state index contributed by atoms with van der Waals surface area (Å²) in [6.07, 6.45) is 3.68. The summed E-state index contributed by atoms with van der Waals surface area (Å²) in [6.45, 7) is 3.97. The average Bonchev–Trinajstić information content (AvgIpc) is 2.38. The molecule has 1 fully saturated rings. The van der Waals surface area contributed by atoms with Gasteiger partial charge in [0.1, 0.15) is 6.61 Å². The predicted octanol–water partition coefficient (Wildman–Crippen LogP) is 3.08. The molecule has 1 saturated heterocycles. The zero-order chi connectivity index (χ0) is 13.8. The van der Waals surface area contributed by atoms with Gasteiger partial charge in [0, 0.05) is 17.1 Å². The molecule has 104 valence electrons. The Morgan fingerprint density at radius 3 is 2.95 bits per heavy atom. The summed E-state index contributed by atoms with van der Waals surface area (Å²) in [5.74, 6) is 0. The van der Waals surface area contributed by atoms with Crippen molar-refractivity contribution in [3.05, 3.63) is 22.2 Å². The lowest BCUT2D eigenvalue weighted by Gasteiger charge is -2.37. The lowest BCUT2D eigenvalue weighted by atomic mass is 10.0. The number of halogens is 1. The minimum Gasteiger partial charge on any atom is -0.463 e. The van der Waals surface area contributed by atoms with Crippen LogP contribution < -0.4 is 10.6 Å². The molecule has 0 aromatic heterocycles. The number of nitrogens with two attached hydrogens (primary N) is 1. The Hall–Kier alpha value is -1.23. The van der Waals surface area contributed by atoms with Crippen LogP contribution in [0.25, 0.3) is 0 Å². The van der Waals surface area contributed by atoms with Crippen molar-refractivity contribution in [3.8, 4) is 0 Å². The van der Waals surface area contributed by atoms with Gasteiger partial charge < -0.3 is 15.4 Å². The van der Waals surface area contributed by atoms with E-state index in [1.807, 2.05) is 12.1 Å². The predicted molar refractivity (Wildman–Crippen MR) is 80.1 cm³/mol. The van der Waals surface area contributed by atoms with Crippen LogP contribution >= 0.6 is 15.9 Å². The second kappa shape index (κ2) is 6.28. The first-order chi connectivity index (χ1) is 9.13. The third-order valence-electron chi connectivity index (χ3n) is 3.56. The van der Waals surface area contributed by atoms with E-state index in [1.165, 1.54) is 19.3 Å². The van der Waals surface area contributed by atoms with Gasteiger partial charge in [-0.15, -0.1) is 0 Å². The lowest BCUT2D eigenvalue weighted by molar-refractivity contribution is -0.129. The Kier molecular flexibility index (Phi) is 4.69. The minimum absolute atomic E-state index is 0.252. The second-order valence-corrected chi connectivity index (χ2v) is 5.82. The average molecular weight is 327 g/mol. The molecule has 1 aromatic rings. The van der Waals surface area contributed by atoms with Gasteiger partial charge in [-0.1, -0.05) is 0 Å². The highest BCUT2D eigenvalue weighted by atomic mass is 79.9. The number of hydrogen-bond donors (Lipinski definition) is 1. The molecular formula is C14H19BrN2O2. The molecule has 0 amide bonds. The zero-order valence-electron chi connectivity index (χ0n) is 11.1. The first-order valence-corrected chi connectivity index (χ1v) is 7.32. The number of piperidine rings is 1. The molecule has 2 N–H and O–H groups in total. The molecule has 0 radical (unpaired) electrons. The molecule has 0 unspecified atom stereocenters. The molecular weight excluding hydrogens is 308 g/mol. The van der Waals surface area contributed by atoms with Crippen molar-refractivity contribution in [1.29, 1.82) is 0 Å². The highest BCUT2D eigenvalue weighted by Crippen LogP contribution is 2.37. The number of nitrogens with zero attached hydrogens (tertiary/aromatic N) is 1. The Morgan fingerprint density at radius 2 is 2.32 bits per heavy atom. The maximum absolute atomic E-state index is 10.2. The molecule has 1 heterocycles. The van der Waals surface area contributed by atoms with Crippen LogP contribution in [0.3, 0.4) is 0 Å². The van der Waals surface area contributed by atoms with Crippen LogP contribution in [0.1, 0.15) is 31.7 Å². The smallest absolute Gasteiger partial charge is 0.293 e. The van der Waals surface area contributed by atoms with Crippen molar-refractivity contribution < 1.29 is 9.53 Å². The van der Waals surface area contributed by atoms with E-state index in [9.17, 15) is 4.79 Å². The molecule has 5 heteroatoms. The molecule has 0 saturated carbocycles. The minimum atomic E-state index is 0.252.